The van der Waals surface area contributed by atoms with Gasteiger partial charge in [0.05, 0.1) is 14.2 Å². The summed E-state index contributed by atoms with van der Waals surface area (Å²) in [4.78, 5) is 12.5. The fourth-order valence-electron chi connectivity index (χ4n) is 2.70. The number of nitrogens with one attached hydrogen (secondary N) is 1. The average Bonchev–Trinajstić information content (AvgIpc) is 2.68. The molecule has 0 heterocycles. The van der Waals surface area contributed by atoms with Gasteiger partial charge in [-0.15, -0.1) is 0 Å². The van der Waals surface area contributed by atoms with Crippen molar-refractivity contribution >= 4 is 22.4 Å². The molecule has 134 valence electrons. The van der Waals surface area contributed by atoms with Gasteiger partial charge in [-0.3, -0.25) is 4.79 Å². The zero-order chi connectivity index (χ0) is 18.5. The van der Waals surface area contributed by atoms with Gasteiger partial charge in [0.1, 0.15) is 5.75 Å². The number of carbonyl (C=O) groups excluding carboxylic acids is 1. The van der Waals surface area contributed by atoms with Crippen molar-refractivity contribution < 1.29 is 19.0 Å². The topological polar surface area (TPSA) is 56.8 Å². The third-order valence-electron chi connectivity index (χ3n) is 4.07. The summed E-state index contributed by atoms with van der Waals surface area (Å²) in [6.45, 7) is 1.72. The smallest absolute Gasteiger partial charge is 0.265 e. The molecule has 5 heteroatoms. The first-order valence-corrected chi connectivity index (χ1v) is 8.29. The highest BCUT2D eigenvalue weighted by molar-refractivity contribution is 5.95. The van der Waals surface area contributed by atoms with Crippen LogP contribution in [-0.4, -0.2) is 26.2 Å². The van der Waals surface area contributed by atoms with Crippen LogP contribution < -0.4 is 19.5 Å². The van der Waals surface area contributed by atoms with Crippen LogP contribution in [0, 0.1) is 0 Å². The van der Waals surface area contributed by atoms with Gasteiger partial charge in [-0.2, -0.15) is 0 Å². The van der Waals surface area contributed by atoms with Crippen molar-refractivity contribution in [3.63, 3.8) is 0 Å². The SMILES string of the molecule is COc1ccc(NC(=O)[C@@H](C)Oc2cccc3ccccc23)cc1OC. The Labute approximate surface area is 152 Å². The first-order chi connectivity index (χ1) is 12.6. The number of rotatable bonds is 6. The van der Waals surface area contributed by atoms with Gasteiger partial charge in [-0.05, 0) is 30.5 Å². The van der Waals surface area contributed by atoms with Crippen LogP contribution in [0.25, 0.3) is 10.8 Å². The second-order valence-corrected chi connectivity index (χ2v) is 5.80. The number of methoxy groups -OCH3 is 2. The Morgan fingerprint density at radius 3 is 2.38 bits per heavy atom. The van der Waals surface area contributed by atoms with E-state index in [2.05, 4.69) is 5.32 Å². The number of carbonyl (C=O) groups is 1. The molecule has 0 fully saturated rings. The molecule has 0 unspecified atom stereocenters. The lowest BCUT2D eigenvalue weighted by atomic mass is 10.1. The van der Waals surface area contributed by atoms with Crippen LogP contribution in [0.1, 0.15) is 6.92 Å². The van der Waals surface area contributed by atoms with Crippen LogP contribution in [-0.2, 0) is 4.79 Å². The van der Waals surface area contributed by atoms with E-state index in [-0.39, 0.29) is 5.91 Å². The third kappa shape index (κ3) is 3.72. The summed E-state index contributed by atoms with van der Waals surface area (Å²) in [6.07, 6.45) is -0.658. The molecule has 0 spiro atoms. The summed E-state index contributed by atoms with van der Waals surface area (Å²) >= 11 is 0. The van der Waals surface area contributed by atoms with Crippen LogP contribution >= 0.6 is 0 Å². The largest absolute Gasteiger partial charge is 0.493 e. The molecule has 3 aromatic rings. The molecule has 1 atom stereocenters. The maximum Gasteiger partial charge on any atom is 0.265 e. The van der Waals surface area contributed by atoms with E-state index in [1.165, 1.54) is 0 Å². The molecule has 0 aliphatic carbocycles. The highest BCUT2D eigenvalue weighted by atomic mass is 16.5. The highest BCUT2D eigenvalue weighted by Crippen LogP contribution is 2.30. The summed E-state index contributed by atoms with van der Waals surface area (Å²) in [5, 5.41) is 4.88. The summed E-state index contributed by atoms with van der Waals surface area (Å²) in [5.41, 5.74) is 0.612. The molecule has 0 saturated heterocycles. The van der Waals surface area contributed by atoms with Crippen molar-refractivity contribution in [2.24, 2.45) is 0 Å². The van der Waals surface area contributed by atoms with Crippen LogP contribution in [0.4, 0.5) is 5.69 Å². The molecule has 1 amide bonds. The van der Waals surface area contributed by atoms with Crippen molar-refractivity contribution in [1.82, 2.24) is 0 Å². The van der Waals surface area contributed by atoms with E-state index < -0.39 is 6.10 Å². The molecule has 5 nitrogen and oxygen atoms in total. The minimum atomic E-state index is -0.658. The van der Waals surface area contributed by atoms with Gasteiger partial charge in [0.2, 0.25) is 0 Å². The minimum absolute atomic E-state index is 0.245. The number of fused-ring (bicyclic) bond motifs is 1. The van der Waals surface area contributed by atoms with E-state index in [4.69, 9.17) is 14.2 Å². The summed E-state index contributed by atoms with van der Waals surface area (Å²) < 4.78 is 16.4. The van der Waals surface area contributed by atoms with E-state index in [0.717, 1.165) is 10.8 Å². The number of anilines is 1. The molecule has 1 N–H and O–H groups in total. The van der Waals surface area contributed by atoms with Crippen LogP contribution in [0.15, 0.2) is 60.7 Å². The normalized spacial score (nSPS) is 11.7. The Balaban J connectivity index is 1.74. The van der Waals surface area contributed by atoms with Gasteiger partial charge in [0.25, 0.3) is 5.91 Å². The first-order valence-electron chi connectivity index (χ1n) is 8.29. The molecule has 0 saturated carbocycles. The van der Waals surface area contributed by atoms with Gasteiger partial charge in [0.15, 0.2) is 17.6 Å². The number of hydrogen-bond donors (Lipinski definition) is 1. The van der Waals surface area contributed by atoms with Gasteiger partial charge >= 0.3 is 0 Å². The van der Waals surface area contributed by atoms with Crippen LogP contribution in [0.5, 0.6) is 17.2 Å². The lowest BCUT2D eigenvalue weighted by molar-refractivity contribution is -0.122. The quantitative estimate of drug-likeness (QED) is 0.721. The van der Waals surface area contributed by atoms with E-state index in [1.807, 2.05) is 42.5 Å². The van der Waals surface area contributed by atoms with E-state index in [0.29, 0.717) is 22.9 Å². The average molecular weight is 351 g/mol. The van der Waals surface area contributed by atoms with Crippen molar-refractivity contribution in [1.29, 1.82) is 0 Å². The predicted octanol–water partition coefficient (Wildman–Crippen LogP) is 4.26. The van der Waals surface area contributed by atoms with Crippen molar-refractivity contribution in [2.45, 2.75) is 13.0 Å². The van der Waals surface area contributed by atoms with Gasteiger partial charge < -0.3 is 19.5 Å². The van der Waals surface area contributed by atoms with Crippen LogP contribution in [0.2, 0.25) is 0 Å². The molecule has 0 aliphatic rings. The van der Waals surface area contributed by atoms with E-state index in [9.17, 15) is 4.79 Å². The highest BCUT2D eigenvalue weighted by Gasteiger charge is 2.17. The number of benzene rings is 3. The van der Waals surface area contributed by atoms with Crippen molar-refractivity contribution in [3.8, 4) is 17.2 Å². The van der Waals surface area contributed by atoms with E-state index in [1.54, 1.807) is 39.3 Å². The molecule has 0 aromatic heterocycles. The Bertz CT molecular complexity index is 918. The molecule has 3 aromatic carbocycles. The molecule has 0 radical (unpaired) electrons. The molecule has 0 bridgehead atoms. The maximum atomic E-state index is 12.5. The second kappa shape index (κ2) is 7.78. The van der Waals surface area contributed by atoms with Gasteiger partial charge in [-0.25, -0.2) is 0 Å². The third-order valence-corrected chi connectivity index (χ3v) is 4.07. The summed E-state index contributed by atoms with van der Waals surface area (Å²) in [7, 11) is 3.12. The molecule has 3 rings (SSSR count). The molecule has 0 aliphatic heterocycles. The summed E-state index contributed by atoms with van der Waals surface area (Å²) in [6, 6.07) is 18.9. The van der Waals surface area contributed by atoms with Gasteiger partial charge in [-0.1, -0.05) is 36.4 Å². The fourth-order valence-corrected chi connectivity index (χ4v) is 2.70. The monoisotopic (exact) mass is 351 g/mol. The van der Waals surface area contributed by atoms with E-state index >= 15 is 0 Å². The first kappa shape index (κ1) is 17.6. The number of amides is 1. The zero-order valence-corrected chi connectivity index (χ0v) is 15.0. The predicted molar refractivity (Wildman–Crippen MR) is 102 cm³/mol. The minimum Gasteiger partial charge on any atom is -0.493 e. The Hall–Kier alpha value is -3.21. The lowest BCUT2D eigenvalue weighted by Gasteiger charge is -2.17. The van der Waals surface area contributed by atoms with Gasteiger partial charge in [0, 0.05) is 17.1 Å². The number of hydrogen-bond acceptors (Lipinski definition) is 4. The fraction of sp³-hybridized carbons (Fsp3) is 0.190. The van der Waals surface area contributed by atoms with Crippen LogP contribution in [0.3, 0.4) is 0 Å². The van der Waals surface area contributed by atoms with Crippen molar-refractivity contribution in [2.75, 3.05) is 19.5 Å². The Morgan fingerprint density at radius 2 is 1.62 bits per heavy atom. The standard InChI is InChI=1S/C21H21NO4/c1-14(26-18-10-6-8-15-7-4-5-9-17(15)18)21(23)22-16-11-12-19(24-2)20(13-16)25-3/h4-14H,1-3H3,(H,22,23)/t14-/m1/s1. The Kier molecular flexibility index (Phi) is 5.27. The second-order valence-electron chi connectivity index (χ2n) is 5.80. The maximum absolute atomic E-state index is 12.5. The zero-order valence-electron chi connectivity index (χ0n) is 15.0. The molecular formula is C21H21NO4. The lowest BCUT2D eigenvalue weighted by Crippen LogP contribution is -2.30. The van der Waals surface area contributed by atoms with Crippen molar-refractivity contribution in [3.05, 3.63) is 60.7 Å². The number of ether oxygens (including phenoxy) is 3. The molecular weight excluding hydrogens is 330 g/mol. The Morgan fingerprint density at radius 1 is 0.885 bits per heavy atom. The molecule has 26 heavy (non-hydrogen) atoms. The summed E-state index contributed by atoms with van der Waals surface area (Å²) in [5.74, 6) is 1.58.